The van der Waals surface area contributed by atoms with Crippen LogP contribution >= 0.6 is 15.9 Å². The lowest BCUT2D eigenvalue weighted by Gasteiger charge is -2.10. The zero-order valence-electron chi connectivity index (χ0n) is 13.8. The van der Waals surface area contributed by atoms with Crippen molar-refractivity contribution in [1.29, 1.82) is 0 Å². The molecular weight excluding hydrogens is 370 g/mol. The van der Waals surface area contributed by atoms with Gasteiger partial charge in [0, 0.05) is 28.1 Å². The van der Waals surface area contributed by atoms with Crippen molar-refractivity contribution in [2.75, 3.05) is 6.54 Å². The number of aromatic nitrogens is 1. The van der Waals surface area contributed by atoms with Gasteiger partial charge in [-0.3, -0.25) is 9.69 Å². The Labute approximate surface area is 149 Å². The Hall–Kier alpha value is -2.34. The summed E-state index contributed by atoms with van der Waals surface area (Å²) in [6, 6.07) is 9.68. The number of aryl methyl sites for hydroxylation is 1. The summed E-state index contributed by atoms with van der Waals surface area (Å²) < 4.78 is 3.12. The fourth-order valence-electron chi connectivity index (χ4n) is 2.96. The molecule has 1 aliphatic heterocycles. The van der Waals surface area contributed by atoms with Gasteiger partial charge in [-0.25, -0.2) is 4.79 Å². The fraction of sp³-hybridized carbons (Fsp3) is 0.222. The fourth-order valence-corrected chi connectivity index (χ4v) is 3.35. The molecule has 1 fully saturated rings. The van der Waals surface area contributed by atoms with Crippen LogP contribution in [-0.2, 0) is 4.79 Å². The van der Waals surface area contributed by atoms with Crippen molar-refractivity contribution >= 4 is 33.9 Å². The summed E-state index contributed by atoms with van der Waals surface area (Å²) in [6.45, 7) is 6.15. The first-order valence-electron chi connectivity index (χ1n) is 7.71. The smallest absolute Gasteiger partial charge is 0.318 e. The van der Waals surface area contributed by atoms with Gasteiger partial charge >= 0.3 is 6.03 Å². The molecule has 124 valence electrons. The molecule has 0 atom stereocenters. The molecule has 0 bridgehead atoms. The molecule has 0 aliphatic carbocycles. The van der Waals surface area contributed by atoms with Gasteiger partial charge in [-0.2, -0.15) is 0 Å². The number of rotatable bonds is 3. The van der Waals surface area contributed by atoms with Crippen LogP contribution in [0, 0.1) is 13.8 Å². The molecule has 3 amide bonds. The molecule has 2 aromatic rings. The minimum atomic E-state index is -0.366. The van der Waals surface area contributed by atoms with Crippen molar-refractivity contribution in [3.05, 3.63) is 57.5 Å². The van der Waals surface area contributed by atoms with E-state index < -0.39 is 0 Å². The number of hydrogen-bond acceptors (Lipinski definition) is 2. The molecule has 1 aromatic carbocycles. The predicted octanol–water partition coefficient (Wildman–Crippen LogP) is 3.77. The zero-order valence-corrected chi connectivity index (χ0v) is 15.3. The van der Waals surface area contributed by atoms with Crippen LogP contribution in [0.5, 0.6) is 0 Å². The van der Waals surface area contributed by atoms with E-state index in [0.717, 1.165) is 27.1 Å². The maximum atomic E-state index is 12.2. The lowest BCUT2D eigenvalue weighted by molar-refractivity contribution is -0.122. The maximum absolute atomic E-state index is 12.2. The highest BCUT2D eigenvalue weighted by Crippen LogP contribution is 2.25. The number of carbonyl (C=O) groups excluding carboxylic acids is 2. The van der Waals surface area contributed by atoms with Gasteiger partial charge in [0.25, 0.3) is 5.91 Å². The molecule has 1 aliphatic rings. The third kappa shape index (κ3) is 2.78. The van der Waals surface area contributed by atoms with Crippen molar-refractivity contribution in [2.45, 2.75) is 20.8 Å². The number of amides is 3. The summed E-state index contributed by atoms with van der Waals surface area (Å²) in [5.74, 6) is -0.283. The van der Waals surface area contributed by atoms with E-state index in [9.17, 15) is 9.59 Å². The molecule has 5 nitrogen and oxygen atoms in total. The third-order valence-electron chi connectivity index (χ3n) is 4.12. The molecule has 1 N–H and O–H groups in total. The Morgan fingerprint density at radius 3 is 2.58 bits per heavy atom. The van der Waals surface area contributed by atoms with Gasteiger partial charge in [-0.1, -0.05) is 22.0 Å². The number of likely N-dealkylation sites (N-methyl/N-ethyl adjacent to an activating group) is 1. The number of imide groups is 1. The summed E-state index contributed by atoms with van der Waals surface area (Å²) in [6.07, 6.45) is 1.74. The lowest BCUT2D eigenvalue weighted by atomic mass is 10.2. The van der Waals surface area contributed by atoms with Crippen LogP contribution < -0.4 is 5.32 Å². The summed E-state index contributed by atoms with van der Waals surface area (Å²) in [4.78, 5) is 25.2. The molecule has 0 radical (unpaired) electrons. The van der Waals surface area contributed by atoms with Gasteiger partial charge < -0.3 is 9.88 Å². The Bertz CT molecular complexity index is 867. The molecule has 6 heteroatoms. The SMILES string of the molecule is CCN1C(=O)NC(=Cc2cc(C)n(-c3cccc(Br)c3)c2C)C1=O. The molecule has 2 heterocycles. The highest BCUT2D eigenvalue weighted by atomic mass is 79.9. The topological polar surface area (TPSA) is 54.3 Å². The third-order valence-corrected chi connectivity index (χ3v) is 4.61. The van der Waals surface area contributed by atoms with Gasteiger partial charge in [0.15, 0.2) is 0 Å². The first-order valence-corrected chi connectivity index (χ1v) is 8.51. The van der Waals surface area contributed by atoms with Crippen LogP contribution in [0.1, 0.15) is 23.9 Å². The maximum Gasteiger partial charge on any atom is 0.328 e. The summed E-state index contributed by atoms with van der Waals surface area (Å²) in [7, 11) is 0. The Morgan fingerprint density at radius 1 is 1.21 bits per heavy atom. The summed E-state index contributed by atoms with van der Waals surface area (Å²) in [5.41, 5.74) is 4.34. The second-order valence-corrected chi connectivity index (χ2v) is 6.60. The average Bonchev–Trinajstić information content (AvgIpc) is 2.95. The van der Waals surface area contributed by atoms with Crippen LogP contribution in [0.25, 0.3) is 11.8 Å². The Morgan fingerprint density at radius 2 is 1.96 bits per heavy atom. The van der Waals surface area contributed by atoms with Crippen LogP contribution in [0.3, 0.4) is 0 Å². The van der Waals surface area contributed by atoms with E-state index in [1.54, 1.807) is 13.0 Å². The van der Waals surface area contributed by atoms with E-state index in [1.807, 2.05) is 44.2 Å². The Balaban J connectivity index is 2.03. The number of urea groups is 1. The summed E-state index contributed by atoms with van der Waals surface area (Å²) in [5, 5.41) is 2.64. The highest BCUT2D eigenvalue weighted by Gasteiger charge is 2.32. The molecular formula is C18H18BrN3O2. The predicted molar refractivity (Wildman–Crippen MR) is 96.8 cm³/mol. The quantitative estimate of drug-likeness (QED) is 0.643. The van der Waals surface area contributed by atoms with Crippen LogP contribution in [0.15, 0.2) is 40.5 Å². The molecule has 24 heavy (non-hydrogen) atoms. The number of carbonyl (C=O) groups is 2. The van der Waals surface area contributed by atoms with Crippen molar-refractivity contribution < 1.29 is 9.59 Å². The molecule has 0 unspecified atom stereocenters. The standard InChI is InChI=1S/C18H18BrN3O2/c1-4-21-17(23)16(20-18(21)24)9-13-8-11(2)22(12(13)3)15-7-5-6-14(19)10-15/h5-10H,4H2,1-3H3,(H,20,24). The van der Waals surface area contributed by atoms with E-state index in [-0.39, 0.29) is 11.9 Å². The van der Waals surface area contributed by atoms with E-state index in [1.165, 1.54) is 4.90 Å². The van der Waals surface area contributed by atoms with Crippen LogP contribution in [0.4, 0.5) is 4.79 Å². The summed E-state index contributed by atoms with van der Waals surface area (Å²) >= 11 is 3.49. The molecule has 1 saturated heterocycles. The minimum Gasteiger partial charge on any atom is -0.318 e. The number of nitrogens with zero attached hydrogens (tertiary/aromatic N) is 2. The largest absolute Gasteiger partial charge is 0.328 e. The first-order chi connectivity index (χ1) is 11.4. The average molecular weight is 388 g/mol. The minimum absolute atomic E-state index is 0.283. The van der Waals surface area contributed by atoms with Gasteiger partial charge in [0.05, 0.1) is 0 Å². The second kappa shape index (κ2) is 6.28. The van der Waals surface area contributed by atoms with Crippen molar-refractivity contribution in [1.82, 2.24) is 14.8 Å². The van der Waals surface area contributed by atoms with Gasteiger partial charge in [-0.05, 0) is 56.7 Å². The normalized spacial score (nSPS) is 16.2. The monoisotopic (exact) mass is 387 g/mol. The number of hydrogen-bond donors (Lipinski definition) is 1. The van der Waals surface area contributed by atoms with Gasteiger partial charge in [0.2, 0.25) is 0 Å². The highest BCUT2D eigenvalue weighted by molar-refractivity contribution is 9.10. The molecule has 3 rings (SSSR count). The Kier molecular flexibility index (Phi) is 4.32. The van der Waals surface area contributed by atoms with Crippen molar-refractivity contribution in [3.63, 3.8) is 0 Å². The van der Waals surface area contributed by atoms with Crippen molar-refractivity contribution in [2.24, 2.45) is 0 Å². The van der Waals surface area contributed by atoms with E-state index >= 15 is 0 Å². The molecule has 0 spiro atoms. The van der Waals surface area contributed by atoms with Crippen LogP contribution in [-0.4, -0.2) is 28.0 Å². The second-order valence-electron chi connectivity index (χ2n) is 5.68. The van der Waals surface area contributed by atoms with E-state index in [2.05, 4.69) is 25.8 Å². The van der Waals surface area contributed by atoms with Crippen LogP contribution in [0.2, 0.25) is 0 Å². The molecule has 0 saturated carbocycles. The first kappa shape index (κ1) is 16.5. The number of nitrogens with one attached hydrogen (secondary N) is 1. The zero-order chi connectivity index (χ0) is 17.4. The van der Waals surface area contributed by atoms with Gasteiger partial charge in [-0.15, -0.1) is 0 Å². The van der Waals surface area contributed by atoms with Gasteiger partial charge in [0.1, 0.15) is 5.70 Å². The molecule has 1 aromatic heterocycles. The number of benzene rings is 1. The number of halogens is 1. The van der Waals surface area contributed by atoms with Crippen molar-refractivity contribution in [3.8, 4) is 5.69 Å². The van der Waals surface area contributed by atoms with E-state index in [0.29, 0.717) is 12.2 Å². The lowest BCUT2D eigenvalue weighted by Crippen LogP contribution is -2.30. The van der Waals surface area contributed by atoms with E-state index in [4.69, 9.17) is 0 Å².